The van der Waals surface area contributed by atoms with Crippen LogP contribution >= 0.6 is 11.8 Å². The van der Waals surface area contributed by atoms with Crippen LogP contribution < -0.4 is 10.6 Å². The molecule has 1 aromatic heterocycles. The van der Waals surface area contributed by atoms with Crippen LogP contribution in [-0.2, 0) is 0 Å². The Bertz CT molecular complexity index is 412. The Balaban J connectivity index is 2.30. The summed E-state index contributed by atoms with van der Waals surface area (Å²) in [6, 6.07) is 1.75. The monoisotopic (exact) mass is 251 g/mol. The zero-order chi connectivity index (χ0) is 12.4. The Morgan fingerprint density at radius 3 is 2.71 bits per heavy atom. The molecule has 0 radical (unpaired) electrons. The first kappa shape index (κ1) is 12.2. The number of nitrogens with zero attached hydrogens (tertiary/aromatic N) is 3. The fourth-order valence-corrected chi connectivity index (χ4v) is 3.44. The summed E-state index contributed by atoms with van der Waals surface area (Å²) in [4.78, 5) is 2.18. The summed E-state index contributed by atoms with van der Waals surface area (Å²) in [6.07, 6.45) is 1.58. The van der Waals surface area contributed by atoms with Gasteiger partial charge in [-0.25, -0.2) is 0 Å². The second kappa shape index (κ2) is 4.91. The molecule has 5 nitrogen and oxygen atoms in total. The van der Waals surface area contributed by atoms with Crippen LogP contribution in [0.15, 0.2) is 12.3 Å². The average molecular weight is 251 g/mol. The summed E-state index contributed by atoms with van der Waals surface area (Å²) in [7, 11) is 0. The molecule has 1 fully saturated rings. The molecule has 92 valence electrons. The number of hydrogen-bond acceptors (Lipinski definition) is 5. The van der Waals surface area contributed by atoms with Crippen LogP contribution in [0.5, 0.6) is 0 Å². The van der Waals surface area contributed by atoms with Gasteiger partial charge in [0.2, 0.25) is 0 Å². The van der Waals surface area contributed by atoms with E-state index in [1.807, 2.05) is 11.8 Å². The molecular formula is C11H17N5S. The molecule has 0 aromatic carbocycles. The minimum Gasteiger partial charge on any atom is -0.384 e. The highest BCUT2D eigenvalue weighted by molar-refractivity contribution is 8.00. The molecule has 1 aliphatic rings. The first-order chi connectivity index (χ1) is 8.08. The van der Waals surface area contributed by atoms with Crippen LogP contribution in [0, 0.1) is 5.41 Å². The average Bonchev–Trinajstić information content (AvgIpc) is 2.27. The Kier molecular flexibility index (Phi) is 3.51. The lowest BCUT2D eigenvalue weighted by Gasteiger charge is -2.35. The Morgan fingerprint density at radius 1 is 1.47 bits per heavy atom. The van der Waals surface area contributed by atoms with E-state index >= 15 is 0 Å². The second-order valence-corrected chi connectivity index (χ2v) is 6.23. The van der Waals surface area contributed by atoms with Gasteiger partial charge in [0.25, 0.3) is 0 Å². The van der Waals surface area contributed by atoms with Crippen molar-refractivity contribution in [3.8, 4) is 0 Å². The Hall–Kier alpha value is -1.30. The largest absolute Gasteiger partial charge is 0.384 e. The number of nitrogen functional groups attached to an aromatic ring is 1. The fraction of sp³-hybridized carbons (Fsp3) is 0.545. The first-order valence-electron chi connectivity index (χ1n) is 5.64. The molecule has 0 aliphatic carbocycles. The Morgan fingerprint density at radius 2 is 2.12 bits per heavy atom. The molecule has 2 atom stereocenters. The number of nitrogens with two attached hydrogens (primary N) is 1. The molecule has 17 heavy (non-hydrogen) atoms. The van der Waals surface area contributed by atoms with Crippen molar-refractivity contribution in [1.29, 1.82) is 5.41 Å². The normalized spacial score (nSPS) is 24.7. The standard InChI is InChI=1S/C11H17N5S/c1-7-5-16(6-8(2)17-7)11-9(10(12)13)3-4-14-15-11/h3-4,7-8H,5-6H2,1-2H3,(H3,12,13). The topological polar surface area (TPSA) is 78.9 Å². The lowest BCUT2D eigenvalue weighted by atomic mass is 10.2. The molecule has 0 saturated carbocycles. The van der Waals surface area contributed by atoms with Gasteiger partial charge in [0.15, 0.2) is 5.82 Å². The molecule has 6 heteroatoms. The van der Waals surface area contributed by atoms with Crippen molar-refractivity contribution >= 4 is 23.4 Å². The maximum Gasteiger partial charge on any atom is 0.162 e. The van der Waals surface area contributed by atoms with E-state index < -0.39 is 0 Å². The summed E-state index contributed by atoms with van der Waals surface area (Å²) in [6.45, 7) is 6.26. The summed E-state index contributed by atoms with van der Waals surface area (Å²) in [5.74, 6) is 0.785. The quantitative estimate of drug-likeness (QED) is 0.607. The third-order valence-electron chi connectivity index (χ3n) is 2.71. The maximum atomic E-state index is 7.57. The zero-order valence-corrected chi connectivity index (χ0v) is 10.9. The van der Waals surface area contributed by atoms with E-state index in [0.717, 1.165) is 18.9 Å². The van der Waals surface area contributed by atoms with Gasteiger partial charge in [0.05, 0.1) is 11.8 Å². The van der Waals surface area contributed by atoms with Gasteiger partial charge in [0.1, 0.15) is 5.84 Å². The number of hydrogen-bond donors (Lipinski definition) is 2. The minimum atomic E-state index is 0.0495. The Labute approximate surface area is 105 Å². The van der Waals surface area contributed by atoms with E-state index in [1.54, 1.807) is 12.3 Å². The molecule has 1 aliphatic heterocycles. The highest BCUT2D eigenvalue weighted by Crippen LogP contribution is 2.28. The van der Waals surface area contributed by atoms with Gasteiger partial charge < -0.3 is 10.6 Å². The van der Waals surface area contributed by atoms with Gasteiger partial charge in [0, 0.05) is 23.6 Å². The molecular weight excluding hydrogens is 234 g/mol. The lowest BCUT2D eigenvalue weighted by molar-refractivity contribution is 0.710. The summed E-state index contributed by atoms with van der Waals surface area (Å²) in [5, 5.41) is 16.7. The first-order valence-corrected chi connectivity index (χ1v) is 6.58. The van der Waals surface area contributed by atoms with Crippen molar-refractivity contribution in [2.45, 2.75) is 24.3 Å². The van der Waals surface area contributed by atoms with Gasteiger partial charge in [-0.05, 0) is 6.07 Å². The van der Waals surface area contributed by atoms with Crippen molar-refractivity contribution < 1.29 is 0 Å². The number of aromatic nitrogens is 2. The van der Waals surface area contributed by atoms with Gasteiger partial charge in [-0.1, -0.05) is 13.8 Å². The number of thioether (sulfide) groups is 1. The van der Waals surface area contributed by atoms with Crippen molar-refractivity contribution in [2.24, 2.45) is 5.73 Å². The van der Waals surface area contributed by atoms with E-state index in [0.29, 0.717) is 16.1 Å². The highest BCUT2D eigenvalue weighted by Gasteiger charge is 2.25. The van der Waals surface area contributed by atoms with Crippen LogP contribution in [0.2, 0.25) is 0 Å². The fourth-order valence-electron chi connectivity index (χ4n) is 2.12. The van der Waals surface area contributed by atoms with Crippen molar-refractivity contribution in [2.75, 3.05) is 18.0 Å². The SMILES string of the molecule is CC1CN(c2nnccc2C(=N)N)CC(C)S1. The molecule has 2 rings (SSSR count). The lowest BCUT2D eigenvalue weighted by Crippen LogP contribution is -2.42. The van der Waals surface area contributed by atoms with E-state index in [-0.39, 0.29) is 5.84 Å². The summed E-state index contributed by atoms with van der Waals surface area (Å²) < 4.78 is 0. The molecule has 3 N–H and O–H groups in total. The maximum absolute atomic E-state index is 7.57. The third kappa shape index (κ3) is 2.69. The molecule has 0 spiro atoms. The predicted octanol–water partition coefficient (Wildman–Crippen LogP) is 1.09. The van der Waals surface area contributed by atoms with Crippen molar-refractivity contribution in [1.82, 2.24) is 10.2 Å². The van der Waals surface area contributed by atoms with E-state index in [4.69, 9.17) is 11.1 Å². The number of rotatable bonds is 2. The van der Waals surface area contributed by atoms with E-state index in [1.165, 1.54) is 0 Å². The molecule has 0 amide bonds. The third-order valence-corrected chi connectivity index (χ3v) is 3.94. The van der Waals surface area contributed by atoms with Gasteiger partial charge in [-0.15, -0.1) is 5.10 Å². The van der Waals surface area contributed by atoms with Crippen LogP contribution in [-0.4, -0.2) is 39.6 Å². The predicted molar refractivity (Wildman–Crippen MR) is 71.8 cm³/mol. The second-order valence-electron chi connectivity index (χ2n) is 4.34. The van der Waals surface area contributed by atoms with Crippen LogP contribution in [0.3, 0.4) is 0 Å². The zero-order valence-electron chi connectivity index (χ0n) is 10.1. The molecule has 1 saturated heterocycles. The molecule has 0 bridgehead atoms. The molecule has 2 unspecified atom stereocenters. The van der Waals surface area contributed by atoms with Crippen LogP contribution in [0.25, 0.3) is 0 Å². The number of nitrogens with one attached hydrogen (secondary N) is 1. The molecule has 2 heterocycles. The van der Waals surface area contributed by atoms with E-state index in [2.05, 4.69) is 28.9 Å². The number of amidine groups is 1. The number of anilines is 1. The van der Waals surface area contributed by atoms with E-state index in [9.17, 15) is 0 Å². The van der Waals surface area contributed by atoms with Gasteiger partial charge in [-0.2, -0.15) is 16.9 Å². The van der Waals surface area contributed by atoms with Gasteiger partial charge >= 0.3 is 0 Å². The van der Waals surface area contributed by atoms with Crippen LogP contribution in [0.1, 0.15) is 19.4 Å². The minimum absolute atomic E-state index is 0.0495. The molecule has 1 aromatic rings. The summed E-state index contributed by atoms with van der Waals surface area (Å²) >= 11 is 1.98. The highest BCUT2D eigenvalue weighted by atomic mass is 32.2. The van der Waals surface area contributed by atoms with Gasteiger partial charge in [-0.3, -0.25) is 5.41 Å². The van der Waals surface area contributed by atoms with Crippen molar-refractivity contribution in [3.63, 3.8) is 0 Å². The summed E-state index contributed by atoms with van der Waals surface area (Å²) in [5.41, 5.74) is 6.25. The smallest absolute Gasteiger partial charge is 0.162 e. The van der Waals surface area contributed by atoms with Crippen LogP contribution in [0.4, 0.5) is 5.82 Å². The van der Waals surface area contributed by atoms with Crippen molar-refractivity contribution in [3.05, 3.63) is 17.8 Å².